The highest BCUT2D eigenvalue weighted by Gasteiger charge is 2.29. The molecular formula is C21H32O5. The minimum absolute atomic E-state index is 0.0243. The van der Waals surface area contributed by atoms with Gasteiger partial charge in [-0.1, -0.05) is 44.2 Å². The highest BCUT2D eigenvalue weighted by atomic mass is 16.5. The number of ketones is 1. The number of allylic oxidation sites excluding steroid dienone is 5. The predicted octanol–water partition coefficient (Wildman–Crippen LogP) is 3.54. The number of hydrogen-bond donors (Lipinski definition) is 2. The molecule has 0 aliphatic heterocycles. The quantitative estimate of drug-likeness (QED) is 0.409. The van der Waals surface area contributed by atoms with Crippen LogP contribution < -0.4 is 0 Å². The number of rotatable bonds is 12. The fourth-order valence-corrected chi connectivity index (χ4v) is 2.80. The highest BCUT2D eigenvalue weighted by Crippen LogP contribution is 2.29. The van der Waals surface area contributed by atoms with Crippen molar-refractivity contribution >= 4 is 11.8 Å². The summed E-state index contributed by atoms with van der Waals surface area (Å²) < 4.78 is 5.42. The molecule has 1 rings (SSSR count). The van der Waals surface area contributed by atoms with Crippen molar-refractivity contribution in [2.45, 2.75) is 52.6 Å². The topological polar surface area (TPSA) is 83.8 Å². The van der Waals surface area contributed by atoms with Gasteiger partial charge in [0, 0.05) is 30.3 Å². The van der Waals surface area contributed by atoms with Gasteiger partial charge in [0.1, 0.15) is 0 Å². The fraction of sp³-hybridized carbons (Fsp3) is 0.619. The van der Waals surface area contributed by atoms with Crippen molar-refractivity contribution in [1.29, 1.82) is 0 Å². The molecule has 146 valence electrons. The predicted molar refractivity (Wildman–Crippen MR) is 102 cm³/mol. The van der Waals surface area contributed by atoms with E-state index in [1.54, 1.807) is 12.2 Å². The van der Waals surface area contributed by atoms with Gasteiger partial charge in [-0.05, 0) is 32.3 Å². The zero-order valence-corrected chi connectivity index (χ0v) is 16.1. The van der Waals surface area contributed by atoms with Gasteiger partial charge in [-0.25, -0.2) is 0 Å². The van der Waals surface area contributed by atoms with Crippen LogP contribution in [0.3, 0.4) is 0 Å². The molecule has 5 heteroatoms. The van der Waals surface area contributed by atoms with Crippen LogP contribution in [-0.4, -0.2) is 41.3 Å². The van der Waals surface area contributed by atoms with Crippen molar-refractivity contribution in [3.63, 3.8) is 0 Å². The maximum atomic E-state index is 12.1. The minimum atomic E-state index is -0.787. The molecular weight excluding hydrogens is 332 g/mol. The van der Waals surface area contributed by atoms with Crippen molar-refractivity contribution in [2.24, 2.45) is 17.3 Å². The molecule has 0 aromatic heterocycles. The number of carboxylic acid groups (broad SMARTS) is 1. The van der Waals surface area contributed by atoms with E-state index in [0.29, 0.717) is 32.5 Å². The molecule has 0 saturated heterocycles. The van der Waals surface area contributed by atoms with E-state index >= 15 is 0 Å². The number of aliphatic carboxylic acids is 1. The molecule has 5 nitrogen and oxygen atoms in total. The minimum Gasteiger partial charge on any atom is -0.481 e. The smallest absolute Gasteiger partial charge is 0.303 e. The molecule has 0 aromatic rings. The standard InChI is InChI=1S/C21H32O5/c1-4-26-15-21(2,3)19(23)14-12-16-11-13-18(22)17(16)9-7-5-6-8-10-20(24)25/h5,7,11-14,16-17,19,23H,4,6,8-10,15H2,1-3H3,(H,24,25)/b7-5+,14-12+. The van der Waals surface area contributed by atoms with E-state index in [0.717, 1.165) is 0 Å². The number of aliphatic hydroxyl groups excluding tert-OH is 1. The SMILES string of the molecule is CCOCC(C)(C)C(O)/C=C/C1C=CC(=O)C1C/C=C/CCCC(=O)O. The van der Waals surface area contributed by atoms with Crippen molar-refractivity contribution in [3.8, 4) is 0 Å². The fourth-order valence-electron chi connectivity index (χ4n) is 2.80. The summed E-state index contributed by atoms with van der Waals surface area (Å²) in [6, 6.07) is 0. The summed E-state index contributed by atoms with van der Waals surface area (Å²) in [5.41, 5.74) is -0.390. The first-order chi connectivity index (χ1) is 12.3. The molecule has 0 amide bonds. The van der Waals surface area contributed by atoms with Crippen LogP contribution in [-0.2, 0) is 14.3 Å². The Hall–Kier alpha value is -1.72. The molecule has 2 N–H and O–H groups in total. The lowest BCUT2D eigenvalue weighted by Gasteiger charge is -2.28. The molecule has 1 aliphatic rings. The van der Waals surface area contributed by atoms with Crippen LogP contribution in [0.25, 0.3) is 0 Å². The van der Waals surface area contributed by atoms with Crippen molar-refractivity contribution < 1.29 is 24.5 Å². The monoisotopic (exact) mass is 364 g/mol. The van der Waals surface area contributed by atoms with E-state index in [2.05, 4.69) is 0 Å². The third-order valence-corrected chi connectivity index (χ3v) is 4.63. The first-order valence-electron chi connectivity index (χ1n) is 9.31. The third kappa shape index (κ3) is 7.67. The van der Waals surface area contributed by atoms with Crippen LogP contribution in [0.5, 0.6) is 0 Å². The summed E-state index contributed by atoms with van der Waals surface area (Å²) in [6.45, 7) is 6.90. The average Bonchev–Trinajstić information content (AvgIpc) is 2.93. The van der Waals surface area contributed by atoms with Gasteiger partial charge in [0.05, 0.1) is 12.7 Å². The first kappa shape index (κ1) is 22.3. The van der Waals surface area contributed by atoms with Crippen molar-refractivity contribution in [2.75, 3.05) is 13.2 Å². The number of carboxylic acids is 1. The highest BCUT2D eigenvalue weighted by molar-refractivity contribution is 5.95. The zero-order valence-electron chi connectivity index (χ0n) is 16.1. The Kier molecular flexibility index (Phi) is 9.52. The summed E-state index contributed by atoms with van der Waals surface area (Å²) in [4.78, 5) is 22.5. The molecule has 0 heterocycles. The van der Waals surface area contributed by atoms with E-state index in [1.165, 1.54) is 0 Å². The van der Waals surface area contributed by atoms with E-state index in [9.17, 15) is 14.7 Å². The number of unbranched alkanes of at least 4 members (excludes halogenated alkanes) is 1. The Morgan fingerprint density at radius 2 is 2.12 bits per heavy atom. The largest absolute Gasteiger partial charge is 0.481 e. The Morgan fingerprint density at radius 3 is 2.77 bits per heavy atom. The summed E-state index contributed by atoms with van der Waals surface area (Å²) in [7, 11) is 0. The van der Waals surface area contributed by atoms with E-state index in [4.69, 9.17) is 9.84 Å². The summed E-state index contributed by atoms with van der Waals surface area (Å²) >= 11 is 0. The van der Waals surface area contributed by atoms with Gasteiger partial charge in [0.15, 0.2) is 5.78 Å². The molecule has 3 atom stereocenters. The van der Waals surface area contributed by atoms with Gasteiger partial charge >= 0.3 is 5.97 Å². The van der Waals surface area contributed by atoms with Crippen LogP contribution >= 0.6 is 0 Å². The Labute approximate surface area is 156 Å². The number of carbonyl (C=O) groups is 2. The van der Waals surface area contributed by atoms with Gasteiger partial charge in [-0.3, -0.25) is 9.59 Å². The van der Waals surface area contributed by atoms with Crippen molar-refractivity contribution in [1.82, 2.24) is 0 Å². The molecule has 0 saturated carbocycles. The van der Waals surface area contributed by atoms with E-state index < -0.39 is 17.5 Å². The lowest BCUT2D eigenvalue weighted by Crippen LogP contribution is -2.32. The van der Waals surface area contributed by atoms with Gasteiger partial charge in [0.2, 0.25) is 0 Å². The van der Waals surface area contributed by atoms with Gasteiger partial charge in [-0.2, -0.15) is 0 Å². The van der Waals surface area contributed by atoms with Crippen LogP contribution in [0.4, 0.5) is 0 Å². The Balaban J connectivity index is 2.54. The van der Waals surface area contributed by atoms with Gasteiger partial charge in [0.25, 0.3) is 0 Å². The van der Waals surface area contributed by atoms with Crippen LogP contribution in [0, 0.1) is 17.3 Å². The average molecular weight is 364 g/mol. The maximum absolute atomic E-state index is 12.1. The third-order valence-electron chi connectivity index (χ3n) is 4.63. The second-order valence-corrected chi connectivity index (χ2v) is 7.39. The maximum Gasteiger partial charge on any atom is 0.303 e. The first-order valence-corrected chi connectivity index (χ1v) is 9.31. The molecule has 26 heavy (non-hydrogen) atoms. The van der Waals surface area contributed by atoms with Gasteiger partial charge in [-0.15, -0.1) is 0 Å². The summed E-state index contributed by atoms with van der Waals surface area (Å²) in [6.07, 6.45) is 12.5. The number of carbonyl (C=O) groups excluding carboxylic acids is 1. The number of aliphatic hydroxyl groups is 1. The van der Waals surface area contributed by atoms with E-state index in [-0.39, 0.29) is 24.0 Å². The zero-order chi connectivity index (χ0) is 19.6. The van der Waals surface area contributed by atoms with Crippen LogP contribution in [0.15, 0.2) is 36.5 Å². The van der Waals surface area contributed by atoms with Crippen LogP contribution in [0.2, 0.25) is 0 Å². The molecule has 0 radical (unpaired) electrons. The molecule has 0 fully saturated rings. The molecule has 0 aromatic carbocycles. The number of ether oxygens (including phenoxy) is 1. The summed E-state index contributed by atoms with van der Waals surface area (Å²) in [5.74, 6) is -0.865. The lowest BCUT2D eigenvalue weighted by atomic mass is 9.85. The number of hydrogen-bond acceptors (Lipinski definition) is 4. The van der Waals surface area contributed by atoms with Crippen LogP contribution in [0.1, 0.15) is 46.5 Å². The second kappa shape index (κ2) is 11.1. The summed E-state index contributed by atoms with van der Waals surface area (Å²) in [5, 5.41) is 19.0. The molecule has 3 unspecified atom stereocenters. The Morgan fingerprint density at radius 1 is 1.38 bits per heavy atom. The Bertz CT molecular complexity index is 545. The lowest BCUT2D eigenvalue weighted by molar-refractivity contribution is -0.137. The second-order valence-electron chi connectivity index (χ2n) is 7.39. The van der Waals surface area contributed by atoms with Gasteiger partial charge < -0.3 is 14.9 Å². The molecule has 1 aliphatic carbocycles. The van der Waals surface area contributed by atoms with E-state index in [1.807, 2.05) is 45.1 Å². The molecule has 0 bridgehead atoms. The van der Waals surface area contributed by atoms with Crippen molar-refractivity contribution in [3.05, 3.63) is 36.5 Å². The molecule has 0 spiro atoms. The normalized spacial score (nSPS) is 21.9.